The molecule has 1 saturated heterocycles. The number of methoxy groups -OCH3 is 1. The van der Waals surface area contributed by atoms with E-state index in [1.54, 1.807) is 22.9 Å². The number of para-hydroxylation sites is 2. The largest absolute Gasteiger partial charge is 0.494 e. The van der Waals surface area contributed by atoms with Gasteiger partial charge in [-0.3, -0.25) is 9.69 Å². The Labute approximate surface area is 190 Å². The summed E-state index contributed by atoms with van der Waals surface area (Å²) in [6.07, 6.45) is 3.57. The molecule has 2 aromatic heterocycles. The third-order valence-electron chi connectivity index (χ3n) is 5.72. The van der Waals surface area contributed by atoms with E-state index in [9.17, 15) is 4.79 Å². The van der Waals surface area contributed by atoms with E-state index in [2.05, 4.69) is 5.10 Å². The fourth-order valence-corrected chi connectivity index (χ4v) is 5.02. The summed E-state index contributed by atoms with van der Waals surface area (Å²) in [7, 11) is 1.63. The number of anilines is 1. The molecule has 32 heavy (non-hydrogen) atoms. The van der Waals surface area contributed by atoms with Gasteiger partial charge in [0.15, 0.2) is 5.13 Å². The second-order valence-corrected chi connectivity index (χ2v) is 8.75. The zero-order valence-electron chi connectivity index (χ0n) is 18.0. The van der Waals surface area contributed by atoms with Crippen LogP contribution in [0.3, 0.4) is 0 Å². The van der Waals surface area contributed by atoms with Crippen molar-refractivity contribution in [1.82, 2.24) is 14.8 Å². The zero-order valence-corrected chi connectivity index (χ0v) is 18.8. The topological polar surface area (TPSA) is 69.5 Å². The molecule has 0 spiro atoms. The van der Waals surface area contributed by atoms with Gasteiger partial charge in [-0.25, -0.2) is 9.67 Å². The standard InChI is InChI=1S/C24H24N4O3S/c1-16-19(14-25-28(16)17-8-4-3-5-9-17)23(29)27(15-18-10-7-13-31-18)24-26-22-20(30-2)11-6-12-21(22)32-24/h3-6,8-9,11-12,14,18H,7,10,13,15H2,1-2H3/t18-/m1/s1. The number of fused-ring (bicyclic) bond motifs is 1. The van der Waals surface area contributed by atoms with E-state index in [1.165, 1.54) is 11.3 Å². The van der Waals surface area contributed by atoms with Gasteiger partial charge < -0.3 is 9.47 Å². The molecule has 1 atom stereocenters. The van der Waals surface area contributed by atoms with Gasteiger partial charge in [-0.1, -0.05) is 35.6 Å². The predicted octanol–water partition coefficient (Wildman–Crippen LogP) is 4.62. The Morgan fingerprint density at radius 3 is 2.84 bits per heavy atom. The first-order chi connectivity index (χ1) is 15.7. The van der Waals surface area contributed by atoms with Crippen LogP contribution in [-0.2, 0) is 4.74 Å². The monoisotopic (exact) mass is 448 g/mol. The molecule has 3 heterocycles. The summed E-state index contributed by atoms with van der Waals surface area (Å²) in [4.78, 5) is 20.3. The van der Waals surface area contributed by atoms with E-state index >= 15 is 0 Å². The van der Waals surface area contributed by atoms with Crippen molar-refractivity contribution in [2.75, 3.05) is 25.2 Å². The van der Waals surface area contributed by atoms with Gasteiger partial charge in [0.25, 0.3) is 5.91 Å². The number of thiazole rings is 1. The minimum atomic E-state index is -0.127. The lowest BCUT2D eigenvalue weighted by molar-refractivity contribution is 0.0917. The van der Waals surface area contributed by atoms with Crippen molar-refractivity contribution in [3.8, 4) is 11.4 Å². The smallest absolute Gasteiger partial charge is 0.263 e. The predicted molar refractivity (Wildman–Crippen MR) is 125 cm³/mol. The maximum absolute atomic E-state index is 13.8. The first-order valence-corrected chi connectivity index (χ1v) is 11.4. The van der Waals surface area contributed by atoms with Gasteiger partial charge in [-0.05, 0) is 44.0 Å². The number of hydrogen-bond donors (Lipinski definition) is 0. The molecular weight excluding hydrogens is 424 g/mol. The molecule has 0 radical (unpaired) electrons. The molecule has 5 rings (SSSR count). The van der Waals surface area contributed by atoms with Gasteiger partial charge in [0.1, 0.15) is 11.3 Å². The number of benzene rings is 2. The Bertz CT molecular complexity index is 1240. The summed E-state index contributed by atoms with van der Waals surface area (Å²) < 4.78 is 14.1. The molecule has 2 aromatic carbocycles. The molecule has 0 aliphatic carbocycles. The van der Waals surface area contributed by atoms with Gasteiger partial charge in [-0.2, -0.15) is 5.10 Å². The fourth-order valence-electron chi connectivity index (χ4n) is 4.03. The molecule has 0 N–H and O–H groups in total. The zero-order chi connectivity index (χ0) is 22.1. The molecule has 1 fully saturated rings. The second kappa shape index (κ2) is 8.72. The highest BCUT2D eigenvalue weighted by atomic mass is 32.1. The first kappa shape index (κ1) is 20.7. The maximum Gasteiger partial charge on any atom is 0.263 e. The van der Waals surface area contributed by atoms with Crippen LogP contribution in [0, 0.1) is 6.92 Å². The quantitative estimate of drug-likeness (QED) is 0.430. The van der Waals surface area contributed by atoms with Crippen LogP contribution >= 0.6 is 11.3 Å². The second-order valence-electron chi connectivity index (χ2n) is 7.75. The molecule has 1 aliphatic heterocycles. The molecule has 0 unspecified atom stereocenters. The van der Waals surface area contributed by atoms with Crippen molar-refractivity contribution >= 4 is 32.6 Å². The Morgan fingerprint density at radius 2 is 2.09 bits per heavy atom. The molecule has 1 aliphatic rings. The normalized spacial score (nSPS) is 15.9. The first-order valence-electron chi connectivity index (χ1n) is 10.6. The summed E-state index contributed by atoms with van der Waals surface area (Å²) >= 11 is 1.48. The summed E-state index contributed by atoms with van der Waals surface area (Å²) in [5.74, 6) is 0.570. The van der Waals surface area contributed by atoms with Crippen LogP contribution < -0.4 is 9.64 Å². The van der Waals surface area contributed by atoms with Crippen LogP contribution in [-0.4, -0.2) is 47.0 Å². The number of amides is 1. The molecule has 8 heteroatoms. The van der Waals surface area contributed by atoms with Gasteiger partial charge in [0.2, 0.25) is 0 Å². The Morgan fingerprint density at radius 1 is 1.25 bits per heavy atom. The Balaban J connectivity index is 1.54. The van der Waals surface area contributed by atoms with E-state index in [1.807, 2.05) is 55.5 Å². The number of nitrogens with zero attached hydrogens (tertiary/aromatic N) is 4. The Hall–Kier alpha value is -3.23. The van der Waals surface area contributed by atoms with Crippen LogP contribution in [0.25, 0.3) is 15.9 Å². The molecule has 4 aromatic rings. The van der Waals surface area contributed by atoms with Crippen LogP contribution in [0.15, 0.2) is 54.7 Å². The lowest BCUT2D eigenvalue weighted by atomic mass is 10.2. The summed E-state index contributed by atoms with van der Waals surface area (Å²) in [5.41, 5.74) is 3.02. The summed E-state index contributed by atoms with van der Waals surface area (Å²) in [6.45, 7) is 3.10. The number of hydrogen-bond acceptors (Lipinski definition) is 6. The molecule has 0 saturated carbocycles. The highest BCUT2D eigenvalue weighted by molar-refractivity contribution is 7.22. The number of aromatic nitrogens is 3. The van der Waals surface area contributed by atoms with E-state index in [0.717, 1.165) is 41.0 Å². The third kappa shape index (κ3) is 3.76. The van der Waals surface area contributed by atoms with Crippen LogP contribution in [0.2, 0.25) is 0 Å². The highest BCUT2D eigenvalue weighted by Crippen LogP contribution is 2.35. The minimum Gasteiger partial charge on any atom is -0.494 e. The highest BCUT2D eigenvalue weighted by Gasteiger charge is 2.29. The van der Waals surface area contributed by atoms with Crippen molar-refractivity contribution in [2.45, 2.75) is 25.9 Å². The number of carbonyl (C=O) groups excluding carboxylic acids is 1. The molecule has 164 valence electrons. The molecular formula is C24H24N4O3S. The lowest BCUT2D eigenvalue weighted by Crippen LogP contribution is -2.37. The Kier molecular flexibility index (Phi) is 5.63. The van der Waals surface area contributed by atoms with Crippen molar-refractivity contribution in [1.29, 1.82) is 0 Å². The minimum absolute atomic E-state index is 0.00247. The maximum atomic E-state index is 13.8. The van der Waals surface area contributed by atoms with Crippen LogP contribution in [0.5, 0.6) is 5.75 Å². The van der Waals surface area contributed by atoms with Crippen molar-refractivity contribution < 1.29 is 14.3 Å². The third-order valence-corrected chi connectivity index (χ3v) is 6.76. The van der Waals surface area contributed by atoms with E-state index in [4.69, 9.17) is 14.5 Å². The SMILES string of the molecule is COc1cccc2sc(N(C[C@H]3CCCO3)C(=O)c3cnn(-c4ccccc4)c3C)nc12. The number of carbonyl (C=O) groups is 1. The van der Waals surface area contributed by atoms with Gasteiger partial charge in [0.05, 0.1) is 47.6 Å². The van der Waals surface area contributed by atoms with Crippen molar-refractivity contribution in [3.63, 3.8) is 0 Å². The van der Waals surface area contributed by atoms with Gasteiger partial charge in [0, 0.05) is 6.61 Å². The lowest BCUT2D eigenvalue weighted by Gasteiger charge is -2.23. The molecule has 7 nitrogen and oxygen atoms in total. The average Bonchev–Trinajstić information content (AvgIpc) is 3.57. The fraction of sp³-hybridized carbons (Fsp3) is 0.292. The summed E-state index contributed by atoms with van der Waals surface area (Å²) in [6, 6.07) is 15.6. The van der Waals surface area contributed by atoms with Gasteiger partial charge >= 0.3 is 0 Å². The average molecular weight is 449 g/mol. The van der Waals surface area contributed by atoms with E-state index in [-0.39, 0.29) is 12.0 Å². The van der Waals surface area contributed by atoms with E-state index < -0.39 is 0 Å². The number of ether oxygens (including phenoxy) is 2. The van der Waals surface area contributed by atoms with Crippen molar-refractivity contribution in [3.05, 3.63) is 66.0 Å². The van der Waals surface area contributed by atoms with Gasteiger partial charge in [-0.15, -0.1) is 0 Å². The molecule has 1 amide bonds. The molecule has 0 bridgehead atoms. The number of rotatable bonds is 6. The van der Waals surface area contributed by atoms with Crippen LogP contribution in [0.4, 0.5) is 5.13 Å². The van der Waals surface area contributed by atoms with Crippen molar-refractivity contribution in [2.24, 2.45) is 0 Å². The van der Waals surface area contributed by atoms with E-state index in [0.29, 0.717) is 23.0 Å². The summed E-state index contributed by atoms with van der Waals surface area (Å²) in [5, 5.41) is 5.12. The van der Waals surface area contributed by atoms with Crippen LogP contribution in [0.1, 0.15) is 28.9 Å².